The number of rotatable bonds is 8. The van der Waals surface area contributed by atoms with Crippen molar-refractivity contribution in [2.75, 3.05) is 20.1 Å². The summed E-state index contributed by atoms with van der Waals surface area (Å²) in [4.78, 5) is 2.56. The van der Waals surface area contributed by atoms with Crippen LogP contribution in [-0.2, 0) is 0 Å². The molecule has 108 valence electrons. The molecule has 1 aromatic carbocycles. The molecule has 2 nitrogen and oxygen atoms in total. The SMILES string of the molecule is CCC(C)N(CC)CCC(NC)c1ccc(Br)cc1. The minimum absolute atomic E-state index is 0.436. The molecule has 0 aromatic heterocycles. The average Bonchev–Trinajstić information content (AvgIpc) is 2.44. The lowest BCUT2D eigenvalue weighted by Crippen LogP contribution is -2.35. The molecule has 0 aliphatic heterocycles. The lowest BCUT2D eigenvalue weighted by atomic mass is 10.0. The molecule has 0 saturated carbocycles. The third-order valence-electron chi connectivity index (χ3n) is 3.95. The number of halogens is 1. The topological polar surface area (TPSA) is 15.3 Å². The lowest BCUT2D eigenvalue weighted by molar-refractivity contribution is 0.204. The smallest absolute Gasteiger partial charge is 0.0329 e. The van der Waals surface area contributed by atoms with Gasteiger partial charge in [-0.2, -0.15) is 0 Å². The van der Waals surface area contributed by atoms with E-state index in [2.05, 4.69) is 71.2 Å². The van der Waals surface area contributed by atoms with E-state index in [1.165, 1.54) is 12.0 Å². The van der Waals surface area contributed by atoms with Crippen LogP contribution in [0.3, 0.4) is 0 Å². The molecule has 0 fully saturated rings. The Bertz CT molecular complexity index is 350. The van der Waals surface area contributed by atoms with Crippen molar-refractivity contribution < 1.29 is 0 Å². The fourth-order valence-corrected chi connectivity index (χ4v) is 2.68. The van der Waals surface area contributed by atoms with Crippen molar-refractivity contribution in [3.05, 3.63) is 34.3 Å². The van der Waals surface area contributed by atoms with Crippen LogP contribution in [0.2, 0.25) is 0 Å². The number of benzene rings is 1. The zero-order chi connectivity index (χ0) is 14.3. The average molecular weight is 327 g/mol. The molecular formula is C16H27BrN2. The van der Waals surface area contributed by atoms with E-state index in [0.717, 1.165) is 24.0 Å². The van der Waals surface area contributed by atoms with E-state index in [4.69, 9.17) is 0 Å². The Morgan fingerprint density at radius 1 is 1.21 bits per heavy atom. The van der Waals surface area contributed by atoms with E-state index >= 15 is 0 Å². The predicted molar refractivity (Wildman–Crippen MR) is 87.6 cm³/mol. The second-order valence-corrected chi connectivity index (χ2v) is 5.98. The van der Waals surface area contributed by atoms with Crippen molar-refractivity contribution >= 4 is 15.9 Å². The highest BCUT2D eigenvalue weighted by atomic mass is 79.9. The molecule has 1 rings (SSSR count). The maximum Gasteiger partial charge on any atom is 0.0329 e. The van der Waals surface area contributed by atoms with Crippen LogP contribution >= 0.6 is 15.9 Å². The number of hydrogen-bond donors (Lipinski definition) is 1. The van der Waals surface area contributed by atoms with E-state index in [0.29, 0.717) is 12.1 Å². The Balaban J connectivity index is 2.59. The largest absolute Gasteiger partial charge is 0.313 e. The van der Waals surface area contributed by atoms with Gasteiger partial charge in [0.1, 0.15) is 0 Å². The zero-order valence-corrected chi connectivity index (χ0v) is 14.2. The predicted octanol–water partition coefficient (Wildman–Crippen LogP) is 4.22. The van der Waals surface area contributed by atoms with E-state index in [-0.39, 0.29) is 0 Å². The van der Waals surface area contributed by atoms with Gasteiger partial charge in [0.2, 0.25) is 0 Å². The van der Waals surface area contributed by atoms with Crippen LogP contribution in [0.5, 0.6) is 0 Å². The van der Waals surface area contributed by atoms with Crippen molar-refractivity contribution in [3.8, 4) is 0 Å². The fraction of sp³-hybridized carbons (Fsp3) is 0.625. The molecule has 0 aliphatic rings. The van der Waals surface area contributed by atoms with Gasteiger partial charge in [0.15, 0.2) is 0 Å². The molecule has 1 N–H and O–H groups in total. The summed E-state index contributed by atoms with van der Waals surface area (Å²) in [5.74, 6) is 0. The van der Waals surface area contributed by atoms with Gasteiger partial charge in [-0.05, 0) is 51.1 Å². The Labute approximate surface area is 126 Å². The van der Waals surface area contributed by atoms with E-state index in [1.54, 1.807) is 0 Å². The van der Waals surface area contributed by atoms with Gasteiger partial charge in [0.25, 0.3) is 0 Å². The second kappa shape index (κ2) is 8.72. The van der Waals surface area contributed by atoms with Crippen LogP contribution in [0.15, 0.2) is 28.7 Å². The molecule has 0 amide bonds. The minimum Gasteiger partial charge on any atom is -0.313 e. The summed E-state index contributed by atoms with van der Waals surface area (Å²) in [6, 6.07) is 9.74. The molecule has 3 heteroatoms. The highest BCUT2D eigenvalue weighted by Crippen LogP contribution is 2.20. The summed E-state index contributed by atoms with van der Waals surface area (Å²) < 4.78 is 1.14. The summed E-state index contributed by atoms with van der Waals surface area (Å²) in [5.41, 5.74) is 1.37. The Kier molecular flexibility index (Phi) is 7.66. The number of nitrogens with one attached hydrogen (secondary N) is 1. The molecule has 2 unspecified atom stereocenters. The van der Waals surface area contributed by atoms with Crippen molar-refractivity contribution in [1.82, 2.24) is 10.2 Å². The first-order valence-electron chi connectivity index (χ1n) is 7.29. The van der Waals surface area contributed by atoms with Gasteiger partial charge in [-0.15, -0.1) is 0 Å². The summed E-state index contributed by atoms with van der Waals surface area (Å²) in [6.07, 6.45) is 2.37. The molecular weight excluding hydrogens is 300 g/mol. The van der Waals surface area contributed by atoms with Gasteiger partial charge in [0.05, 0.1) is 0 Å². The summed E-state index contributed by atoms with van der Waals surface area (Å²) in [7, 11) is 2.05. The van der Waals surface area contributed by atoms with Gasteiger partial charge in [-0.25, -0.2) is 0 Å². The van der Waals surface area contributed by atoms with Crippen molar-refractivity contribution in [3.63, 3.8) is 0 Å². The van der Waals surface area contributed by atoms with Gasteiger partial charge in [-0.3, -0.25) is 0 Å². The minimum atomic E-state index is 0.436. The maximum absolute atomic E-state index is 3.49. The Morgan fingerprint density at radius 3 is 2.32 bits per heavy atom. The third kappa shape index (κ3) is 5.25. The first-order valence-corrected chi connectivity index (χ1v) is 8.08. The highest BCUT2D eigenvalue weighted by Gasteiger charge is 2.14. The first-order chi connectivity index (χ1) is 9.12. The molecule has 0 bridgehead atoms. The molecule has 0 aliphatic carbocycles. The van der Waals surface area contributed by atoms with Crippen LogP contribution in [0, 0.1) is 0 Å². The highest BCUT2D eigenvalue weighted by molar-refractivity contribution is 9.10. The Hall–Kier alpha value is -0.380. The van der Waals surface area contributed by atoms with Crippen molar-refractivity contribution in [2.45, 2.75) is 45.7 Å². The third-order valence-corrected chi connectivity index (χ3v) is 4.47. The van der Waals surface area contributed by atoms with E-state index in [9.17, 15) is 0 Å². The molecule has 0 heterocycles. The molecule has 2 atom stereocenters. The first kappa shape index (κ1) is 16.7. The molecule has 1 aromatic rings. The molecule has 0 spiro atoms. The van der Waals surface area contributed by atoms with Crippen molar-refractivity contribution in [2.24, 2.45) is 0 Å². The summed E-state index contributed by atoms with van der Waals surface area (Å²) >= 11 is 3.49. The summed E-state index contributed by atoms with van der Waals surface area (Å²) in [5, 5.41) is 3.43. The normalized spacial score (nSPS) is 14.6. The quantitative estimate of drug-likeness (QED) is 0.769. The van der Waals surface area contributed by atoms with Gasteiger partial charge in [-0.1, -0.05) is 41.9 Å². The van der Waals surface area contributed by atoms with Crippen LogP contribution in [0.4, 0.5) is 0 Å². The summed E-state index contributed by atoms with van der Waals surface area (Å²) in [6.45, 7) is 9.11. The van der Waals surface area contributed by atoms with Gasteiger partial charge >= 0.3 is 0 Å². The monoisotopic (exact) mass is 326 g/mol. The van der Waals surface area contributed by atoms with Gasteiger partial charge < -0.3 is 10.2 Å². The van der Waals surface area contributed by atoms with Crippen LogP contribution in [-0.4, -0.2) is 31.1 Å². The second-order valence-electron chi connectivity index (χ2n) is 5.07. The van der Waals surface area contributed by atoms with Crippen LogP contribution in [0.25, 0.3) is 0 Å². The maximum atomic E-state index is 3.49. The fourth-order valence-electron chi connectivity index (χ4n) is 2.42. The number of nitrogens with zero attached hydrogens (tertiary/aromatic N) is 1. The number of hydrogen-bond acceptors (Lipinski definition) is 2. The molecule has 19 heavy (non-hydrogen) atoms. The molecule has 0 radical (unpaired) electrons. The lowest BCUT2D eigenvalue weighted by Gasteiger charge is -2.29. The van der Waals surface area contributed by atoms with E-state index in [1.807, 2.05) is 7.05 Å². The van der Waals surface area contributed by atoms with E-state index < -0.39 is 0 Å². The van der Waals surface area contributed by atoms with Crippen LogP contribution < -0.4 is 5.32 Å². The zero-order valence-electron chi connectivity index (χ0n) is 12.6. The van der Waals surface area contributed by atoms with Crippen molar-refractivity contribution in [1.29, 1.82) is 0 Å². The van der Waals surface area contributed by atoms with Crippen LogP contribution in [0.1, 0.15) is 45.2 Å². The standard InChI is InChI=1S/C16H27BrN2/c1-5-13(3)19(6-2)12-11-16(18-4)14-7-9-15(17)10-8-14/h7-10,13,16,18H,5-6,11-12H2,1-4H3. The Morgan fingerprint density at radius 2 is 1.84 bits per heavy atom. The van der Waals surface area contributed by atoms with Gasteiger partial charge in [0, 0.05) is 23.1 Å². The molecule has 0 saturated heterocycles.